The molecule has 0 spiro atoms. The van der Waals surface area contributed by atoms with E-state index in [0.717, 1.165) is 12.5 Å². The van der Waals surface area contributed by atoms with Crippen LogP contribution < -0.4 is 0 Å². The van der Waals surface area contributed by atoms with Gasteiger partial charge in [-0.3, -0.25) is 0 Å². The summed E-state index contributed by atoms with van der Waals surface area (Å²) >= 11 is 0. The average Bonchev–Trinajstić information content (AvgIpc) is 2.51. The molecule has 0 fully saturated rings. The topological polar surface area (TPSA) is 23.8 Å². The molecule has 0 saturated carbocycles. The number of hydrogen-bond acceptors (Lipinski definition) is 1. The number of hydrogen-bond donors (Lipinski definition) is 0. The van der Waals surface area contributed by atoms with Crippen LogP contribution in [0, 0.1) is 0 Å². The van der Waals surface area contributed by atoms with Crippen LogP contribution in [0.1, 0.15) is 5.69 Å². The van der Waals surface area contributed by atoms with E-state index >= 15 is 0 Å². The van der Waals surface area contributed by atoms with E-state index in [1.54, 1.807) is 0 Å². The number of nitrogens with zero attached hydrogens (tertiary/aromatic N) is 4. The second-order valence-electron chi connectivity index (χ2n) is 4.02. The van der Waals surface area contributed by atoms with Gasteiger partial charge in [-0.15, -0.1) is 0 Å². The van der Waals surface area contributed by atoms with E-state index in [1.165, 1.54) is 5.69 Å². The lowest BCUT2D eigenvalue weighted by molar-refractivity contribution is 0.478. The van der Waals surface area contributed by atoms with Crippen LogP contribution in [0.5, 0.6) is 0 Å². The normalized spacial score (nSPS) is 9.93. The second kappa shape index (κ2) is 4.87. The maximum atomic E-state index is 4.57. The van der Waals surface area contributed by atoms with Gasteiger partial charge in [-0.2, -0.15) is 0 Å². The van der Waals surface area contributed by atoms with E-state index in [2.05, 4.69) is 15.6 Å². The highest BCUT2D eigenvalue weighted by Gasteiger charge is 2.04. The van der Waals surface area contributed by atoms with Crippen molar-refractivity contribution in [2.24, 2.45) is 12.0 Å². The van der Waals surface area contributed by atoms with Crippen LogP contribution >= 0.6 is 0 Å². The van der Waals surface area contributed by atoms with E-state index < -0.39 is 0 Å². The molecule has 1 aromatic rings. The Morgan fingerprint density at radius 2 is 1.87 bits per heavy atom. The molecule has 0 unspecified atom stereocenters. The third-order valence-corrected chi connectivity index (χ3v) is 2.23. The molecule has 0 N–H and O–H groups in total. The molecule has 0 aliphatic rings. The van der Waals surface area contributed by atoms with Gasteiger partial charge >= 0.3 is 0 Å². The predicted octanol–water partition coefficient (Wildman–Crippen LogP) is 1.00. The van der Waals surface area contributed by atoms with E-state index in [9.17, 15) is 0 Å². The van der Waals surface area contributed by atoms with Gasteiger partial charge in [0, 0.05) is 47.1 Å². The fourth-order valence-electron chi connectivity index (χ4n) is 1.50. The van der Waals surface area contributed by atoms with Gasteiger partial charge < -0.3 is 14.4 Å². The van der Waals surface area contributed by atoms with Crippen molar-refractivity contribution in [3.8, 4) is 0 Å². The first kappa shape index (κ1) is 11.6. The van der Waals surface area contributed by atoms with E-state index in [0.29, 0.717) is 0 Å². The minimum Gasteiger partial charge on any atom is -0.353 e. The summed E-state index contributed by atoms with van der Waals surface area (Å²) in [6.45, 7) is 0.717. The van der Waals surface area contributed by atoms with Gasteiger partial charge in [0.15, 0.2) is 5.96 Å². The number of guanidine groups is 1. The summed E-state index contributed by atoms with van der Waals surface area (Å²) < 4.78 is 2.09. The van der Waals surface area contributed by atoms with Gasteiger partial charge in [-0.25, -0.2) is 4.99 Å². The summed E-state index contributed by atoms with van der Waals surface area (Å²) in [5.74, 6) is 0.983. The third kappa shape index (κ3) is 3.01. The van der Waals surface area contributed by atoms with Crippen molar-refractivity contribution in [3.05, 3.63) is 24.0 Å². The molecule has 4 nitrogen and oxygen atoms in total. The van der Waals surface area contributed by atoms with Crippen molar-refractivity contribution < 1.29 is 0 Å². The molecule has 1 aromatic heterocycles. The van der Waals surface area contributed by atoms with Crippen LogP contribution in [-0.4, -0.2) is 48.5 Å². The second-order valence-corrected chi connectivity index (χ2v) is 4.02. The van der Waals surface area contributed by atoms with Gasteiger partial charge in [0.1, 0.15) is 0 Å². The molecule has 84 valence electrons. The first-order chi connectivity index (χ1) is 7.02. The first-order valence-corrected chi connectivity index (χ1v) is 5.01. The molecule has 0 radical (unpaired) electrons. The van der Waals surface area contributed by atoms with Crippen molar-refractivity contribution in [1.29, 1.82) is 0 Å². The van der Waals surface area contributed by atoms with Gasteiger partial charge in [0.05, 0.1) is 6.54 Å². The SMILES string of the molecule is CN(C)C(=NCc1cccn1C)N(C)C. The van der Waals surface area contributed by atoms with Crippen LogP contribution in [0.4, 0.5) is 0 Å². The molecule has 1 heterocycles. The Labute approximate surface area is 91.8 Å². The maximum absolute atomic E-state index is 4.57. The predicted molar refractivity (Wildman–Crippen MR) is 63.9 cm³/mol. The fraction of sp³-hybridized carbons (Fsp3) is 0.545. The van der Waals surface area contributed by atoms with E-state index in [1.807, 2.05) is 57.3 Å². The van der Waals surface area contributed by atoms with Crippen LogP contribution in [0.3, 0.4) is 0 Å². The Kier molecular flexibility index (Phi) is 3.77. The molecule has 0 atom stereocenters. The minimum atomic E-state index is 0.717. The number of aromatic nitrogens is 1. The van der Waals surface area contributed by atoms with Crippen molar-refractivity contribution in [3.63, 3.8) is 0 Å². The van der Waals surface area contributed by atoms with E-state index in [4.69, 9.17) is 0 Å². The molecular weight excluding hydrogens is 188 g/mol. The lowest BCUT2D eigenvalue weighted by atomic mass is 10.4. The van der Waals surface area contributed by atoms with Crippen LogP contribution in [0.15, 0.2) is 23.3 Å². The zero-order chi connectivity index (χ0) is 11.4. The summed E-state index contributed by atoms with van der Waals surface area (Å²) in [4.78, 5) is 8.61. The number of aryl methyl sites for hydroxylation is 1. The lowest BCUT2D eigenvalue weighted by Gasteiger charge is -2.22. The fourth-order valence-corrected chi connectivity index (χ4v) is 1.50. The Morgan fingerprint density at radius 1 is 1.27 bits per heavy atom. The highest BCUT2D eigenvalue weighted by atomic mass is 15.3. The molecule has 1 rings (SSSR count). The Balaban J connectivity index is 2.74. The summed E-state index contributed by atoms with van der Waals surface area (Å²) in [7, 11) is 10.1. The zero-order valence-corrected chi connectivity index (χ0v) is 10.2. The first-order valence-electron chi connectivity index (χ1n) is 5.01. The summed E-state index contributed by atoms with van der Waals surface area (Å²) in [5, 5.41) is 0. The molecule has 0 aliphatic carbocycles. The standard InChI is InChI=1S/C11H20N4/c1-13(2)11(14(3)4)12-9-10-7-6-8-15(10)5/h6-8H,9H2,1-5H3. The molecular formula is C11H20N4. The van der Waals surface area contributed by atoms with Crippen molar-refractivity contribution in [2.45, 2.75) is 6.54 Å². The van der Waals surface area contributed by atoms with Crippen LogP contribution in [0.25, 0.3) is 0 Å². The Morgan fingerprint density at radius 3 is 2.27 bits per heavy atom. The van der Waals surface area contributed by atoms with Crippen molar-refractivity contribution in [2.75, 3.05) is 28.2 Å². The molecule has 0 saturated heterocycles. The Hall–Kier alpha value is -1.45. The smallest absolute Gasteiger partial charge is 0.195 e. The number of aliphatic imine (C=N–C) groups is 1. The molecule has 0 bridgehead atoms. The summed E-state index contributed by atoms with van der Waals surface area (Å²) in [6, 6.07) is 4.13. The van der Waals surface area contributed by atoms with Gasteiger partial charge in [0.2, 0.25) is 0 Å². The largest absolute Gasteiger partial charge is 0.353 e. The molecule has 0 aromatic carbocycles. The highest BCUT2D eigenvalue weighted by molar-refractivity contribution is 5.79. The highest BCUT2D eigenvalue weighted by Crippen LogP contribution is 2.02. The minimum absolute atomic E-state index is 0.717. The third-order valence-electron chi connectivity index (χ3n) is 2.23. The van der Waals surface area contributed by atoms with Gasteiger partial charge in [-0.05, 0) is 12.1 Å². The van der Waals surface area contributed by atoms with Gasteiger partial charge in [0.25, 0.3) is 0 Å². The van der Waals surface area contributed by atoms with Gasteiger partial charge in [-0.1, -0.05) is 0 Å². The van der Waals surface area contributed by atoms with Crippen molar-refractivity contribution >= 4 is 5.96 Å². The average molecular weight is 208 g/mol. The molecule has 15 heavy (non-hydrogen) atoms. The van der Waals surface area contributed by atoms with E-state index in [-0.39, 0.29) is 0 Å². The van der Waals surface area contributed by atoms with Crippen LogP contribution in [0.2, 0.25) is 0 Å². The quantitative estimate of drug-likeness (QED) is 0.535. The van der Waals surface area contributed by atoms with Crippen molar-refractivity contribution in [1.82, 2.24) is 14.4 Å². The van der Waals surface area contributed by atoms with Crippen LogP contribution in [-0.2, 0) is 13.6 Å². The maximum Gasteiger partial charge on any atom is 0.195 e. The molecule has 0 amide bonds. The number of rotatable bonds is 2. The summed E-state index contributed by atoms with van der Waals surface area (Å²) in [6.07, 6.45) is 2.04. The lowest BCUT2D eigenvalue weighted by Crippen LogP contribution is -2.35. The molecule has 4 heteroatoms. The zero-order valence-electron chi connectivity index (χ0n) is 10.2. The molecule has 0 aliphatic heterocycles. The summed E-state index contributed by atoms with van der Waals surface area (Å²) in [5.41, 5.74) is 1.22. The monoisotopic (exact) mass is 208 g/mol. The Bertz CT molecular complexity index is 326.